The van der Waals surface area contributed by atoms with Crippen molar-refractivity contribution >= 4 is 69.9 Å². The number of ether oxygens (including phenoxy) is 1. The van der Waals surface area contributed by atoms with Gasteiger partial charge in [0.1, 0.15) is 5.60 Å². The van der Waals surface area contributed by atoms with Gasteiger partial charge in [-0.05, 0) is 70.3 Å². The fourth-order valence-electron chi connectivity index (χ4n) is 7.04. The van der Waals surface area contributed by atoms with E-state index in [0.29, 0.717) is 67.7 Å². The van der Waals surface area contributed by atoms with E-state index in [1.807, 2.05) is 25.7 Å². The van der Waals surface area contributed by atoms with Crippen LogP contribution < -0.4 is 42.5 Å². The van der Waals surface area contributed by atoms with E-state index in [1.54, 1.807) is 0 Å². The standard InChI is InChI=1S/C48H95N9O4S3/c1-6-8-10-12-14-16-18-20-22-24-26-28-40-57(41-29-27-25-23-21-19-17-15-13-11-9-7-2)43(59)31-30-42(58)49-32-33-50-44(62)51-34-35-52-45(63)53-36-37-54-46(64)55-38-39-56-47(60)61-48(3,4)5/h6-41H2,1-5H3,(H,49,58)(H,56,60)(H2,50,51,62)(H2,52,53,63)(H2,54,55,64). The van der Waals surface area contributed by atoms with Gasteiger partial charge in [0.05, 0.1) is 0 Å². The molecule has 16 heteroatoms. The van der Waals surface area contributed by atoms with E-state index in [4.69, 9.17) is 41.4 Å². The minimum Gasteiger partial charge on any atom is -0.444 e. The van der Waals surface area contributed by atoms with E-state index in [-0.39, 0.29) is 24.7 Å². The van der Waals surface area contributed by atoms with Crippen LogP contribution in [0, 0.1) is 0 Å². The average Bonchev–Trinajstić information content (AvgIpc) is 3.25. The lowest BCUT2D eigenvalue weighted by Gasteiger charge is -2.23. The highest BCUT2D eigenvalue weighted by atomic mass is 32.1. The highest BCUT2D eigenvalue weighted by Crippen LogP contribution is 2.15. The van der Waals surface area contributed by atoms with Crippen LogP contribution >= 0.6 is 36.7 Å². The molecule has 0 spiro atoms. The number of nitrogens with one attached hydrogen (secondary N) is 8. The van der Waals surface area contributed by atoms with Gasteiger partial charge >= 0.3 is 6.09 Å². The van der Waals surface area contributed by atoms with Gasteiger partial charge < -0.3 is 52.2 Å². The molecule has 64 heavy (non-hydrogen) atoms. The van der Waals surface area contributed by atoms with Crippen molar-refractivity contribution in [3.05, 3.63) is 0 Å². The van der Waals surface area contributed by atoms with Crippen LogP contribution in [0.5, 0.6) is 0 Å². The molecule has 0 aliphatic rings. The Kier molecular flexibility index (Phi) is 42.3. The third kappa shape index (κ3) is 44.5. The van der Waals surface area contributed by atoms with Gasteiger partial charge in [0.25, 0.3) is 0 Å². The average molecular weight is 959 g/mol. The first-order valence-electron chi connectivity index (χ1n) is 25.4. The van der Waals surface area contributed by atoms with Gasteiger partial charge in [-0.15, -0.1) is 0 Å². The molecule has 8 N–H and O–H groups in total. The van der Waals surface area contributed by atoms with E-state index in [9.17, 15) is 14.4 Å². The minimum absolute atomic E-state index is 0.101. The van der Waals surface area contributed by atoms with Crippen LogP contribution in [-0.4, -0.2) is 109 Å². The largest absolute Gasteiger partial charge is 0.444 e. The van der Waals surface area contributed by atoms with Crippen molar-refractivity contribution in [3.63, 3.8) is 0 Å². The number of unbranched alkanes of at least 4 members (excludes halogenated alkanes) is 22. The lowest BCUT2D eigenvalue weighted by atomic mass is 10.0. The molecule has 0 saturated carbocycles. The molecule has 0 rings (SSSR count). The van der Waals surface area contributed by atoms with Gasteiger partial charge in [0.2, 0.25) is 11.8 Å². The van der Waals surface area contributed by atoms with Gasteiger partial charge in [-0.2, -0.15) is 0 Å². The van der Waals surface area contributed by atoms with E-state index in [1.165, 1.54) is 128 Å². The van der Waals surface area contributed by atoms with Crippen molar-refractivity contribution in [1.82, 2.24) is 47.4 Å². The van der Waals surface area contributed by atoms with E-state index in [2.05, 4.69) is 56.4 Å². The molecule has 0 bridgehead atoms. The molecule has 0 unspecified atom stereocenters. The summed E-state index contributed by atoms with van der Waals surface area (Å²) in [6, 6.07) is 0. The fourth-order valence-corrected chi connectivity index (χ4v) is 7.65. The van der Waals surface area contributed by atoms with E-state index in [0.717, 1.165) is 38.8 Å². The molecule has 3 amide bonds. The molecule has 0 aliphatic carbocycles. The first-order valence-corrected chi connectivity index (χ1v) is 26.7. The second-order valence-corrected chi connectivity index (χ2v) is 19.2. The monoisotopic (exact) mass is 958 g/mol. The quantitative estimate of drug-likeness (QED) is 0.0217. The number of thiocarbonyl (C=S) groups is 3. The van der Waals surface area contributed by atoms with E-state index >= 15 is 0 Å². The van der Waals surface area contributed by atoms with Crippen molar-refractivity contribution in [3.8, 4) is 0 Å². The maximum atomic E-state index is 13.3. The van der Waals surface area contributed by atoms with Gasteiger partial charge in [0, 0.05) is 78.3 Å². The van der Waals surface area contributed by atoms with Crippen LogP contribution in [-0.2, 0) is 14.3 Å². The Labute approximate surface area is 407 Å². The summed E-state index contributed by atoms with van der Waals surface area (Å²) < 4.78 is 5.20. The van der Waals surface area contributed by atoms with Gasteiger partial charge in [-0.25, -0.2) is 4.79 Å². The number of rotatable bonds is 41. The smallest absolute Gasteiger partial charge is 0.407 e. The molecule has 0 heterocycles. The van der Waals surface area contributed by atoms with Crippen molar-refractivity contribution in [2.75, 3.05) is 65.4 Å². The first kappa shape index (κ1) is 61.3. The third-order valence-corrected chi connectivity index (χ3v) is 11.6. The summed E-state index contributed by atoms with van der Waals surface area (Å²) in [5.74, 6) is -0.0138. The summed E-state index contributed by atoms with van der Waals surface area (Å²) in [7, 11) is 0. The third-order valence-electron chi connectivity index (χ3n) is 10.7. The van der Waals surface area contributed by atoms with Crippen molar-refractivity contribution in [2.45, 2.75) is 207 Å². The molecule has 0 saturated heterocycles. The van der Waals surface area contributed by atoms with Crippen molar-refractivity contribution < 1.29 is 19.1 Å². The van der Waals surface area contributed by atoms with Crippen molar-refractivity contribution in [2.24, 2.45) is 0 Å². The molecule has 0 atom stereocenters. The highest BCUT2D eigenvalue weighted by molar-refractivity contribution is 7.80. The molecular formula is C48H95N9O4S3. The Morgan fingerprint density at radius 2 is 0.688 bits per heavy atom. The Morgan fingerprint density at radius 1 is 0.406 bits per heavy atom. The molecule has 374 valence electrons. The lowest BCUT2D eigenvalue weighted by Crippen LogP contribution is -2.46. The SMILES string of the molecule is CCCCCCCCCCCCCCN(CCCCCCCCCCCCCC)C(=O)CCC(=O)NCCNC(=S)NCCNC(=S)NCCNC(=S)NCCNC(=O)OC(C)(C)C. The molecule has 0 aromatic rings. The van der Waals surface area contributed by atoms with Gasteiger partial charge in [0.15, 0.2) is 15.3 Å². The summed E-state index contributed by atoms with van der Waals surface area (Å²) in [6.07, 6.45) is 31.2. The predicted octanol–water partition coefficient (Wildman–Crippen LogP) is 9.03. The maximum Gasteiger partial charge on any atom is 0.407 e. The van der Waals surface area contributed by atoms with Crippen LogP contribution in [0.25, 0.3) is 0 Å². The fraction of sp³-hybridized carbons (Fsp3) is 0.875. The summed E-state index contributed by atoms with van der Waals surface area (Å²) in [5, 5.41) is 25.7. The summed E-state index contributed by atoms with van der Waals surface area (Å²) in [5.41, 5.74) is -0.537. The van der Waals surface area contributed by atoms with Gasteiger partial charge in [-0.1, -0.05) is 155 Å². The van der Waals surface area contributed by atoms with Crippen LogP contribution in [0.3, 0.4) is 0 Å². The maximum absolute atomic E-state index is 13.3. The topological polar surface area (TPSA) is 160 Å². The number of hydrogen-bond acceptors (Lipinski definition) is 7. The molecule has 0 radical (unpaired) electrons. The lowest BCUT2D eigenvalue weighted by molar-refractivity contribution is -0.133. The molecule has 13 nitrogen and oxygen atoms in total. The number of alkyl carbamates (subject to hydrolysis) is 1. The Hall–Kier alpha value is -2.72. The molecular weight excluding hydrogens is 863 g/mol. The second kappa shape index (κ2) is 44.1. The van der Waals surface area contributed by atoms with Crippen LogP contribution in [0.2, 0.25) is 0 Å². The van der Waals surface area contributed by atoms with Crippen molar-refractivity contribution in [1.29, 1.82) is 0 Å². The Bertz CT molecular complexity index is 1180. The summed E-state index contributed by atoms with van der Waals surface area (Å²) >= 11 is 16.0. The highest BCUT2D eigenvalue weighted by Gasteiger charge is 2.16. The normalized spacial score (nSPS) is 11.0. The Balaban J connectivity index is 4.23. The molecule has 0 aliphatic heterocycles. The number of nitrogens with zero attached hydrogens (tertiary/aromatic N) is 1. The number of carbonyl (C=O) groups is 3. The predicted molar refractivity (Wildman–Crippen MR) is 281 cm³/mol. The molecule has 0 aromatic heterocycles. The summed E-state index contributed by atoms with van der Waals surface area (Å²) in [4.78, 5) is 39.7. The number of carbonyl (C=O) groups excluding carboxylic acids is 3. The number of amides is 3. The van der Waals surface area contributed by atoms with E-state index < -0.39 is 11.7 Å². The van der Waals surface area contributed by atoms with Crippen LogP contribution in [0.1, 0.15) is 202 Å². The van der Waals surface area contributed by atoms with Crippen LogP contribution in [0.4, 0.5) is 4.79 Å². The van der Waals surface area contributed by atoms with Gasteiger partial charge in [-0.3, -0.25) is 9.59 Å². The van der Waals surface area contributed by atoms with Crippen LogP contribution in [0.15, 0.2) is 0 Å². The summed E-state index contributed by atoms with van der Waals surface area (Å²) in [6.45, 7) is 15.6. The minimum atomic E-state index is -0.537. The zero-order valence-corrected chi connectivity index (χ0v) is 43.7. The number of hydrogen-bond donors (Lipinski definition) is 8. The molecule has 0 aromatic carbocycles. The first-order chi connectivity index (χ1) is 30.9. The zero-order chi connectivity index (χ0) is 47.4. The molecule has 0 fully saturated rings. The second-order valence-electron chi connectivity index (χ2n) is 18.0. The zero-order valence-electron chi connectivity index (χ0n) is 41.3. The Morgan fingerprint density at radius 3 is 1.00 bits per heavy atom.